The molecule has 1 aliphatic heterocycles. The van der Waals surface area contributed by atoms with E-state index >= 15 is 0 Å². The molecule has 0 unspecified atom stereocenters. The number of aryl methyl sites for hydroxylation is 3. The molecule has 4 rings (SSSR count). The Hall–Kier alpha value is -3.60. The average Bonchev–Trinajstić information content (AvgIpc) is 3.28. The number of ether oxygens (including phenoxy) is 1. The number of rotatable bonds is 8. The first-order chi connectivity index (χ1) is 18.4. The van der Waals surface area contributed by atoms with E-state index in [2.05, 4.69) is 55.9 Å². The second-order valence-corrected chi connectivity index (χ2v) is 10.7. The van der Waals surface area contributed by atoms with Gasteiger partial charge in [0.05, 0.1) is 24.7 Å². The summed E-state index contributed by atoms with van der Waals surface area (Å²) in [4.78, 5) is 13.3. The molecule has 6 heteroatoms. The summed E-state index contributed by atoms with van der Waals surface area (Å²) in [7, 11) is 1.66. The van der Waals surface area contributed by atoms with Crippen LogP contribution in [0.5, 0.6) is 0 Å². The fourth-order valence-electron chi connectivity index (χ4n) is 5.07. The second kappa shape index (κ2) is 12.3. The minimum Gasteiger partial charge on any atom is -0.495 e. The van der Waals surface area contributed by atoms with Crippen LogP contribution in [0.2, 0.25) is 0 Å². The molecule has 0 amide bonds. The summed E-state index contributed by atoms with van der Waals surface area (Å²) < 4.78 is 7.95. The van der Waals surface area contributed by atoms with Gasteiger partial charge >= 0.3 is 0 Å². The second-order valence-electron chi connectivity index (χ2n) is 9.53. The van der Waals surface area contributed by atoms with Gasteiger partial charge in [-0.3, -0.25) is 0 Å². The monoisotopic (exact) mass is 526 g/mol. The van der Waals surface area contributed by atoms with Crippen LogP contribution in [-0.2, 0) is 24.1 Å². The van der Waals surface area contributed by atoms with Gasteiger partial charge in [-0.1, -0.05) is 30.1 Å². The van der Waals surface area contributed by atoms with E-state index in [0.717, 1.165) is 57.4 Å². The third-order valence-electron chi connectivity index (χ3n) is 6.96. The lowest BCUT2D eigenvalue weighted by molar-refractivity contribution is 0.295. The summed E-state index contributed by atoms with van der Waals surface area (Å²) in [6.45, 7) is 15.4. The van der Waals surface area contributed by atoms with E-state index in [1.54, 1.807) is 24.5 Å². The molecule has 0 radical (unpaired) electrons. The van der Waals surface area contributed by atoms with Crippen molar-refractivity contribution in [1.82, 2.24) is 14.5 Å². The molecule has 0 aromatic carbocycles. The minimum atomic E-state index is 0.680. The van der Waals surface area contributed by atoms with Crippen LogP contribution in [-0.4, -0.2) is 21.6 Å². The van der Waals surface area contributed by atoms with E-state index in [1.165, 1.54) is 29.7 Å². The zero-order valence-electron chi connectivity index (χ0n) is 23.5. The predicted molar refractivity (Wildman–Crippen MR) is 159 cm³/mol. The van der Waals surface area contributed by atoms with Crippen LogP contribution < -0.4 is 5.49 Å². The molecule has 2 aromatic heterocycles. The van der Waals surface area contributed by atoms with Crippen molar-refractivity contribution >= 4 is 22.0 Å². The van der Waals surface area contributed by atoms with Crippen LogP contribution in [0, 0.1) is 13.8 Å². The molecule has 2 aromatic rings. The number of aromatic nitrogens is 2. The van der Waals surface area contributed by atoms with E-state index in [9.17, 15) is 0 Å². The summed E-state index contributed by atoms with van der Waals surface area (Å²) in [5.74, 6) is 0.680. The highest BCUT2D eigenvalue weighted by Gasteiger charge is 2.17. The normalized spacial score (nSPS) is 16.6. The molecule has 198 valence electrons. The average molecular weight is 527 g/mol. The first kappa shape index (κ1) is 27.4. The molecule has 0 saturated carbocycles. The standard InChI is InChI=1S/C32H38N4OS/c1-8-25(17-18-28(29(9-2)37-7)35-19-13-14-22(4)21-35)30-24(6)38-32(33-30)34-31-27-16-12-11-15-26(27)20-23(5)36(31)10-3/h8-9,14,17-21H,2,10-12,15-16H2,1,3-7H3/b18-17-,25-8-,29-28?,34-31?. The number of hydrogen-bond donors (Lipinski definition) is 0. The lowest BCUT2D eigenvalue weighted by Gasteiger charge is -2.21. The molecular formula is C32H38N4OS. The van der Waals surface area contributed by atoms with E-state index in [4.69, 9.17) is 14.7 Å². The van der Waals surface area contributed by atoms with E-state index in [0.29, 0.717) is 5.76 Å². The fraction of sp³-hybridized carbons (Fsp3) is 0.344. The highest BCUT2D eigenvalue weighted by Crippen LogP contribution is 2.31. The number of thiazole rings is 1. The van der Waals surface area contributed by atoms with Crippen LogP contribution in [0.1, 0.15) is 61.0 Å². The van der Waals surface area contributed by atoms with Crippen molar-refractivity contribution in [1.29, 1.82) is 0 Å². The number of fused-ring (bicyclic) bond motifs is 1. The van der Waals surface area contributed by atoms with Crippen molar-refractivity contribution < 1.29 is 4.74 Å². The summed E-state index contributed by atoms with van der Waals surface area (Å²) in [5, 5.41) is 0.799. The Bertz CT molecular complexity index is 1490. The zero-order valence-corrected chi connectivity index (χ0v) is 24.3. The quantitative estimate of drug-likeness (QED) is 0.202. The Labute approximate surface area is 230 Å². The Morgan fingerprint density at radius 3 is 2.71 bits per heavy atom. The highest BCUT2D eigenvalue weighted by atomic mass is 32.1. The van der Waals surface area contributed by atoms with Gasteiger partial charge in [-0.25, -0.2) is 9.98 Å². The zero-order chi connectivity index (χ0) is 27.2. The highest BCUT2D eigenvalue weighted by molar-refractivity contribution is 7.15. The van der Waals surface area contributed by atoms with Gasteiger partial charge < -0.3 is 14.2 Å². The molecule has 0 N–H and O–H groups in total. The molecule has 3 heterocycles. The largest absolute Gasteiger partial charge is 0.495 e. The SMILES string of the molecule is C=CC(OC)=C(/C=C\C(=C\C)c1nc(N=c2c3c(cc(C)n2CC)CCCC3)sc1C)N1C=C=CC(C)=C1. The lowest BCUT2D eigenvalue weighted by atomic mass is 9.92. The van der Waals surface area contributed by atoms with Crippen LogP contribution in [0.4, 0.5) is 5.13 Å². The number of pyridine rings is 1. The van der Waals surface area contributed by atoms with Crippen molar-refractivity contribution in [3.05, 3.63) is 111 Å². The van der Waals surface area contributed by atoms with Gasteiger partial charge in [0, 0.05) is 23.3 Å². The molecule has 0 saturated heterocycles. The maximum atomic E-state index is 5.62. The maximum Gasteiger partial charge on any atom is 0.211 e. The van der Waals surface area contributed by atoms with Gasteiger partial charge in [0.25, 0.3) is 0 Å². The Morgan fingerprint density at radius 2 is 2.03 bits per heavy atom. The number of nitrogens with zero attached hydrogens (tertiary/aromatic N) is 4. The van der Waals surface area contributed by atoms with Crippen molar-refractivity contribution in [3.8, 4) is 0 Å². The van der Waals surface area contributed by atoms with Gasteiger partial charge in [0.2, 0.25) is 5.13 Å². The van der Waals surface area contributed by atoms with Crippen molar-refractivity contribution in [2.75, 3.05) is 7.11 Å². The van der Waals surface area contributed by atoms with Crippen molar-refractivity contribution in [2.45, 2.75) is 66.8 Å². The Kier molecular flexibility index (Phi) is 8.88. The first-order valence-corrected chi connectivity index (χ1v) is 14.1. The van der Waals surface area contributed by atoms with Crippen LogP contribution in [0.25, 0.3) is 5.57 Å². The molecule has 2 aliphatic rings. The van der Waals surface area contributed by atoms with E-state index in [-0.39, 0.29) is 0 Å². The molecule has 0 fully saturated rings. The van der Waals surface area contributed by atoms with E-state index < -0.39 is 0 Å². The molecule has 38 heavy (non-hydrogen) atoms. The Balaban J connectivity index is 1.75. The first-order valence-electron chi connectivity index (χ1n) is 13.3. The lowest BCUT2D eigenvalue weighted by Crippen LogP contribution is -2.29. The van der Waals surface area contributed by atoms with Gasteiger partial charge in [0.1, 0.15) is 11.2 Å². The molecule has 5 nitrogen and oxygen atoms in total. The minimum absolute atomic E-state index is 0.680. The summed E-state index contributed by atoms with van der Waals surface area (Å²) in [6, 6.07) is 2.35. The predicted octanol–water partition coefficient (Wildman–Crippen LogP) is 7.58. The summed E-state index contributed by atoms with van der Waals surface area (Å²) in [5.41, 5.74) is 12.3. The topological polar surface area (TPSA) is 42.7 Å². The fourth-order valence-corrected chi connectivity index (χ4v) is 5.87. The molecular weight excluding hydrogens is 488 g/mol. The number of hydrogen-bond acceptors (Lipinski definition) is 5. The molecule has 0 bridgehead atoms. The molecule has 1 aliphatic carbocycles. The van der Waals surface area contributed by atoms with Crippen LogP contribution >= 0.6 is 11.3 Å². The third-order valence-corrected chi connectivity index (χ3v) is 7.82. The van der Waals surface area contributed by atoms with Crippen molar-refractivity contribution in [3.63, 3.8) is 0 Å². The third kappa shape index (κ3) is 5.77. The van der Waals surface area contributed by atoms with E-state index in [1.807, 2.05) is 43.3 Å². The van der Waals surface area contributed by atoms with Crippen LogP contribution in [0.3, 0.4) is 0 Å². The summed E-state index contributed by atoms with van der Waals surface area (Å²) >= 11 is 1.65. The maximum absolute atomic E-state index is 5.62. The molecule has 0 atom stereocenters. The van der Waals surface area contributed by atoms with Gasteiger partial charge in [-0.2, -0.15) is 0 Å². The molecule has 0 spiro atoms. The summed E-state index contributed by atoms with van der Waals surface area (Å²) in [6.07, 6.45) is 18.5. The number of allylic oxidation sites excluding steroid dienone is 7. The van der Waals surface area contributed by atoms with Gasteiger partial charge in [0.15, 0.2) is 0 Å². The van der Waals surface area contributed by atoms with Gasteiger partial charge in [-0.15, -0.1) is 5.73 Å². The van der Waals surface area contributed by atoms with Crippen molar-refractivity contribution in [2.24, 2.45) is 4.99 Å². The van der Waals surface area contributed by atoms with Gasteiger partial charge in [-0.05, 0) is 107 Å². The number of methoxy groups -OCH3 is 1. The van der Waals surface area contributed by atoms with Crippen LogP contribution in [0.15, 0.2) is 83.2 Å². The smallest absolute Gasteiger partial charge is 0.211 e. The Morgan fingerprint density at radius 1 is 1.24 bits per heavy atom.